The summed E-state index contributed by atoms with van der Waals surface area (Å²) in [5.41, 5.74) is 5.77. The number of anilines is 1. The number of hydrogen-bond donors (Lipinski definition) is 0. The van der Waals surface area contributed by atoms with Crippen molar-refractivity contribution in [3.63, 3.8) is 0 Å². The van der Waals surface area contributed by atoms with Gasteiger partial charge in [-0.2, -0.15) is 10.3 Å². The zero-order valence-electron chi connectivity index (χ0n) is 18.8. The molecule has 0 radical (unpaired) electrons. The molecule has 0 aliphatic carbocycles. The van der Waals surface area contributed by atoms with Gasteiger partial charge in [-0.3, -0.25) is 4.90 Å². The molecule has 158 valence electrons. The summed E-state index contributed by atoms with van der Waals surface area (Å²) >= 11 is 0. The number of rotatable bonds is 3. The molecule has 0 amide bonds. The standard InChI is InChI=1S/C28H25N3O/c1-18(2)28(22-15-19(3)14-20(4)16-22)23(17-29)26(21-10-6-5-7-11-21)30-27-31(28)24-12-8-9-13-25(24)32-27/h5-16,18H,1-4H3. The second-order valence-corrected chi connectivity index (χ2v) is 8.80. The van der Waals surface area contributed by atoms with Crippen molar-refractivity contribution in [3.8, 4) is 11.8 Å². The second kappa shape index (κ2) is 7.39. The van der Waals surface area contributed by atoms with E-state index >= 15 is 0 Å². The Labute approximate surface area is 189 Å². The SMILES string of the molecule is Cc1cc(C)cc(C2(C(C)C)C(C#N)=C(c3ccccc3)N=C3Oc4ccccc4N32)c1. The third kappa shape index (κ3) is 2.78. The Morgan fingerprint density at radius 2 is 1.59 bits per heavy atom. The van der Waals surface area contributed by atoms with Crippen LogP contribution in [-0.4, -0.2) is 6.02 Å². The summed E-state index contributed by atoms with van der Waals surface area (Å²) in [5.74, 6) is 0.810. The van der Waals surface area contributed by atoms with E-state index in [1.165, 1.54) is 0 Å². The largest absolute Gasteiger partial charge is 0.423 e. The lowest BCUT2D eigenvalue weighted by Crippen LogP contribution is -2.55. The lowest BCUT2D eigenvalue weighted by Gasteiger charge is -2.47. The van der Waals surface area contributed by atoms with E-state index in [9.17, 15) is 5.26 Å². The summed E-state index contributed by atoms with van der Waals surface area (Å²) in [6.07, 6.45) is 0. The summed E-state index contributed by atoms with van der Waals surface area (Å²) in [5, 5.41) is 10.6. The van der Waals surface area contributed by atoms with Crippen molar-refractivity contribution < 1.29 is 4.74 Å². The minimum absolute atomic E-state index is 0.0531. The molecule has 3 aromatic carbocycles. The highest BCUT2D eigenvalue weighted by atomic mass is 16.5. The monoisotopic (exact) mass is 419 g/mol. The maximum absolute atomic E-state index is 10.6. The molecule has 5 rings (SSSR count). The fourth-order valence-electron chi connectivity index (χ4n) is 5.12. The quantitative estimate of drug-likeness (QED) is 0.496. The number of nitrogens with zero attached hydrogens (tertiary/aromatic N) is 3. The smallest absolute Gasteiger partial charge is 0.304 e. The molecule has 0 saturated heterocycles. The van der Waals surface area contributed by atoms with E-state index in [0.717, 1.165) is 33.7 Å². The van der Waals surface area contributed by atoms with Crippen LogP contribution in [0.2, 0.25) is 0 Å². The van der Waals surface area contributed by atoms with E-state index < -0.39 is 5.54 Å². The maximum Gasteiger partial charge on any atom is 0.304 e. The summed E-state index contributed by atoms with van der Waals surface area (Å²) in [7, 11) is 0. The van der Waals surface area contributed by atoms with E-state index in [4.69, 9.17) is 9.73 Å². The molecular weight excluding hydrogens is 394 g/mol. The molecule has 1 unspecified atom stereocenters. The fraction of sp³-hybridized carbons (Fsp3) is 0.214. The topological polar surface area (TPSA) is 48.6 Å². The molecule has 2 aliphatic rings. The maximum atomic E-state index is 10.6. The summed E-state index contributed by atoms with van der Waals surface area (Å²) in [6.45, 7) is 8.54. The van der Waals surface area contributed by atoms with Gasteiger partial charge in [0.1, 0.15) is 5.54 Å². The van der Waals surface area contributed by atoms with Gasteiger partial charge < -0.3 is 4.74 Å². The zero-order valence-corrected chi connectivity index (χ0v) is 18.8. The summed E-state index contributed by atoms with van der Waals surface area (Å²) < 4.78 is 6.28. The van der Waals surface area contributed by atoms with Gasteiger partial charge in [0, 0.05) is 5.56 Å². The number of benzene rings is 3. The zero-order chi connectivity index (χ0) is 22.5. The normalized spacial score (nSPS) is 19.2. The Hall–Kier alpha value is -3.84. The fourth-order valence-corrected chi connectivity index (χ4v) is 5.12. The van der Waals surface area contributed by atoms with Crippen LogP contribution in [0, 0.1) is 31.1 Å². The van der Waals surface area contributed by atoms with Gasteiger partial charge in [0.25, 0.3) is 0 Å². The van der Waals surface area contributed by atoms with Gasteiger partial charge in [-0.1, -0.05) is 85.6 Å². The predicted molar refractivity (Wildman–Crippen MR) is 128 cm³/mol. The highest BCUT2D eigenvalue weighted by Crippen LogP contribution is 2.54. The lowest BCUT2D eigenvalue weighted by atomic mass is 9.70. The van der Waals surface area contributed by atoms with Gasteiger partial charge in [-0.05, 0) is 37.5 Å². The van der Waals surface area contributed by atoms with Gasteiger partial charge in [-0.25, -0.2) is 0 Å². The first kappa shape index (κ1) is 20.1. The van der Waals surface area contributed by atoms with Crippen LogP contribution < -0.4 is 9.64 Å². The molecule has 0 fully saturated rings. The van der Waals surface area contributed by atoms with Crippen LogP contribution in [0.1, 0.15) is 36.1 Å². The van der Waals surface area contributed by atoms with E-state index in [1.54, 1.807) is 0 Å². The van der Waals surface area contributed by atoms with Gasteiger partial charge in [0.15, 0.2) is 5.75 Å². The van der Waals surface area contributed by atoms with Crippen molar-refractivity contribution in [3.05, 3.63) is 101 Å². The number of nitriles is 1. The van der Waals surface area contributed by atoms with E-state index in [-0.39, 0.29) is 5.92 Å². The first-order valence-corrected chi connectivity index (χ1v) is 10.9. The van der Waals surface area contributed by atoms with Crippen molar-refractivity contribution in [2.45, 2.75) is 33.2 Å². The van der Waals surface area contributed by atoms with Crippen LogP contribution in [0.5, 0.6) is 5.75 Å². The van der Waals surface area contributed by atoms with Crippen LogP contribution in [-0.2, 0) is 5.54 Å². The van der Waals surface area contributed by atoms with Crippen LogP contribution in [0.15, 0.2) is 83.4 Å². The molecule has 3 aromatic rings. The number of para-hydroxylation sites is 2. The van der Waals surface area contributed by atoms with E-state index in [2.05, 4.69) is 56.9 Å². The number of aliphatic imine (C=N–C) groups is 1. The molecule has 0 saturated carbocycles. The van der Waals surface area contributed by atoms with Crippen LogP contribution in [0.25, 0.3) is 5.70 Å². The van der Waals surface area contributed by atoms with Crippen molar-refractivity contribution in [1.82, 2.24) is 0 Å². The molecule has 2 aliphatic heterocycles. The average Bonchev–Trinajstić information content (AvgIpc) is 3.16. The summed E-state index contributed by atoms with van der Waals surface area (Å²) in [4.78, 5) is 7.04. The Kier molecular flexibility index (Phi) is 4.64. The van der Waals surface area contributed by atoms with Crippen LogP contribution >= 0.6 is 0 Å². The van der Waals surface area contributed by atoms with Gasteiger partial charge >= 0.3 is 6.02 Å². The van der Waals surface area contributed by atoms with Crippen molar-refractivity contribution in [2.75, 3.05) is 4.90 Å². The van der Waals surface area contributed by atoms with Crippen molar-refractivity contribution in [1.29, 1.82) is 5.26 Å². The highest BCUT2D eigenvalue weighted by Gasteiger charge is 2.54. The molecule has 32 heavy (non-hydrogen) atoms. The Bertz CT molecular complexity index is 1290. The number of amidine groups is 1. The molecule has 1 atom stereocenters. The molecule has 0 N–H and O–H groups in total. The third-order valence-electron chi connectivity index (χ3n) is 6.33. The molecule has 0 aromatic heterocycles. The van der Waals surface area contributed by atoms with E-state index in [1.807, 2.05) is 54.6 Å². The molecule has 0 bridgehead atoms. The first-order valence-electron chi connectivity index (χ1n) is 10.9. The van der Waals surface area contributed by atoms with Gasteiger partial charge in [0.2, 0.25) is 0 Å². The molecule has 0 spiro atoms. The van der Waals surface area contributed by atoms with Crippen molar-refractivity contribution >= 4 is 17.4 Å². The Morgan fingerprint density at radius 1 is 0.938 bits per heavy atom. The predicted octanol–water partition coefficient (Wildman–Crippen LogP) is 6.36. The molecule has 2 heterocycles. The lowest BCUT2D eigenvalue weighted by molar-refractivity contribution is 0.372. The third-order valence-corrected chi connectivity index (χ3v) is 6.33. The van der Waals surface area contributed by atoms with Crippen molar-refractivity contribution in [2.24, 2.45) is 10.9 Å². The average molecular weight is 420 g/mol. The summed E-state index contributed by atoms with van der Waals surface area (Å²) in [6, 6.07) is 27.5. The molecular formula is C28H25N3O. The Balaban J connectivity index is 1.92. The highest BCUT2D eigenvalue weighted by molar-refractivity contribution is 6.07. The molecule has 4 nitrogen and oxygen atoms in total. The van der Waals surface area contributed by atoms with E-state index in [0.29, 0.717) is 17.3 Å². The minimum Gasteiger partial charge on any atom is -0.423 e. The second-order valence-electron chi connectivity index (χ2n) is 8.80. The minimum atomic E-state index is -0.764. The number of aryl methyl sites for hydroxylation is 2. The first-order chi connectivity index (χ1) is 15.5. The number of ether oxygens (including phenoxy) is 1. The molecule has 4 heteroatoms. The van der Waals surface area contributed by atoms with Crippen LogP contribution in [0.4, 0.5) is 5.69 Å². The number of hydrogen-bond acceptors (Lipinski definition) is 4. The van der Waals surface area contributed by atoms with Gasteiger partial charge in [0.05, 0.1) is 23.0 Å². The van der Waals surface area contributed by atoms with Crippen LogP contribution in [0.3, 0.4) is 0 Å². The Morgan fingerprint density at radius 3 is 2.25 bits per heavy atom. The number of fused-ring (bicyclic) bond motifs is 3. The van der Waals surface area contributed by atoms with Gasteiger partial charge in [-0.15, -0.1) is 0 Å².